The maximum absolute atomic E-state index is 12.1. The standard InChI is InChI=1S/C13H16N4O2.ClH/c1-9(6-14)16-12(18)7-17-8-15-11-5-3-2-4-10(11)13(17)19;/h2-5,8-9H,6-7,14H2,1H3,(H,16,18);1H/t9-;/m1./s1. The van der Waals surface area contributed by atoms with E-state index in [0.29, 0.717) is 17.4 Å². The highest BCUT2D eigenvalue weighted by atomic mass is 35.5. The van der Waals surface area contributed by atoms with Gasteiger partial charge in [0.05, 0.1) is 17.2 Å². The Morgan fingerprint density at radius 2 is 2.15 bits per heavy atom. The van der Waals surface area contributed by atoms with Crippen molar-refractivity contribution >= 4 is 29.2 Å². The second-order valence-corrected chi connectivity index (χ2v) is 4.40. The number of hydrogen-bond acceptors (Lipinski definition) is 4. The Morgan fingerprint density at radius 1 is 1.45 bits per heavy atom. The molecule has 0 saturated carbocycles. The highest BCUT2D eigenvalue weighted by molar-refractivity contribution is 5.85. The van der Waals surface area contributed by atoms with Crippen molar-refractivity contribution in [1.82, 2.24) is 14.9 Å². The predicted molar refractivity (Wildman–Crippen MR) is 79.9 cm³/mol. The van der Waals surface area contributed by atoms with Crippen LogP contribution in [-0.4, -0.2) is 28.0 Å². The third-order valence-electron chi connectivity index (χ3n) is 2.81. The van der Waals surface area contributed by atoms with Gasteiger partial charge < -0.3 is 11.1 Å². The highest BCUT2D eigenvalue weighted by Gasteiger charge is 2.09. The summed E-state index contributed by atoms with van der Waals surface area (Å²) in [5, 5.41) is 3.21. The summed E-state index contributed by atoms with van der Waals surface area (Å²) < 4.78 is 1.29. The van der Waals surface area contributed by atoms with Gasteiger partial charge in [-0.2, -0.15) is 0 Å². The monoisotopic (exact) mass is 296 g/mol. The molecule has 1 atom stereocenters. The number of nitrogens with zero attached hydrogens (tertiary/aromatic N) is 2. The van der Waals surface area contributed by atoms with Crippen molar-refractivity contribution < 1.29 is 4.79 Å². The Bertz CT molecular complexity index is 656. The summed E-state index contributed by atoms with van der Waals surface area (Å²) in [7, 11) is 0. The highest BCUT2D eigenvalue weighted by Crippen LogP contribution is 2.04. The topological polar surface area (TPSA) is 90.0 Å². The molecule has 6 nitrogen and oxygen atoms in total. The molecule has 0 fully saturated rings. The quantitative estimate of drug-likeness (QED) is 0.848. The fraction of sp³-hybridized carbons (Fsp3) is 0.308. The van der Waals surface area contributed by atoms with Crippen LogP contribution >= 0.6 is 12.4 Å². The van der Waals surface area contributed by atoms with Crippen molar-refractivity contribution in [3.8, 4) is 0 Å². The Balaban J connectivity index is 0.00000200. The zero-order chi connectivity index (χ0) is 13.8. The van der Waals surface area contributed by atoms with Crippen LogP contribution < -0.4 is 16.6 Å². The van der Waals surface area contributed by atoms with Gasteiger partial charge in [0.15, 0.2) is 0 Å². The number of fused-ring (bicyclic) bond motifs is 1. The van der Waals surface area contributed by atoms with Gasteiger partial charge >= 0.3 is 0 Å². The van der Waals surface area contributed by atoms with E-state index in [-0.39, 0.29) is 36.5 Å². The Hall–Kier alpha value is -1.92. The number of hydrogen-bond donors (Lipinski definition) is 2. The maximum Gasteiger partial charge on any atom is 0.261 e. The van der Waals surface area contributed by atoms with E-state index in [1.54, 1.807) is 25.1 Å². The van der Waals surface area contributed by atoms with Gasteiger partial charge in [-0.3, -0.25) is 14.2 Å². The van der Waals surface area contributed by atoms with Gasteiger partial charge in [-0.05, 0) is 19.1 Å². The maximum atomic E-state index is 12.1. The minimum atomic E-state index is -0.253. The Morgan fingerprint density at radius 3 is 2.85 bits per heavy atom. The van der Waals surface area contributed by atoms with Gasteiger partial charge in [0.1, 0.15) is 6.54 Å². The summed E-state index contributed by atoms with van der Waals surface area (Å²) in [5.41, 5.74) is 5.83. The Labute approximate surface area is 122 Å². The zero-order valence-electron chi connectivity index (χ0n) is 11.1. The van der Waals surface area contributed by atoms with Gasteiger partial charge in [-0.15, -0.1) is 12.4 Å². The molecule has 1 heterocycles. The van der Waals surface area contributed by atoms with Crippen molar-refractivity contribution in [2.75, 3.05) is 6.54 Å². The predicted octanol–water partition coefficient (Wildman–Crippen LogP) is 0.282. The van der Waals surface area contributed by atoms with Crippen molar-refractivity contribution in [2.45, 2.75) is 19.5 Å². The summed E-state index contributed by atoms with van der Waals surface area (Å²) in [6.07, 6.45) is 1.39. The van der Waals surface area contributed by atoms with Crippen molar-refractivity contribution in [3.05, 3.63) is 40.9 Å². The number of para-hydroxylation sites is 1. The molecule has 1 aromatic carbocycles. The molecule has 0 bridgehead atoms. The molecule has 1 amide bonds. The second-order valence-electron chi connectivity index (χ2n) is 4.40. The lowest BCUT2D eigenvalue weighted by Gasteiger charge is -2.12. The van der Waals surface area contributed by atoms with E-state index in [1.165, 1.54) is 10.9 Å². The molecular weight excluding hydrogens is 280 g/mol. The van der Waals surface area contributed by atoms with Crippen molar-refractivity contribution in [1.29, 1.82) is 0 Å². The summed E-state index contributed by atoms with van der Waals surface area (Å²) in [5.74, 6) is -0.253. The van der Waals surface area contributed by atoms with Crippen LogP contribution in [0.1, 0.15) is 6.92 Å². The number of halogens is 1. The second kappa shape index (κ2) is 7.02. The lowest BCUT2D eigenvalue weighted by atomic mass is 10.2. The molecule has 0 aliphatic carbocycles. The number of rotatable bonds is 4. The van der Waals surface area contributed by atoms with Gasteiger partial charge in [0.2, 0.25) is 5.91 Å². The molecule has 1 aromatic heterocycles. The largest absolute Gasteiger partial charge is 0.351 e. The van der Waals surface area contributed by atoms with E-state index < -0.39 is 0 Å². The van der Waals surface area contributed by atoms with Crippen LogP contribution in [-0.2, 0) is 11.3 Å². The first-order chi connectivity index (χ1) is 9.11. The number of nitrogens with one attached hydrogen (secondary N) is 1. The van der Waals surface area contributed by atoms with Crippen LogP contribution in [0, 0.1) is 0 Å². The van der Waals surface area contributed by atoms with Gasteiger partial charge in [-0.25, -0.2) is 4.98 Å². The number of aromatic nitrogens is 2. The fourth-order valence-electron chi connectivity index (χ4n) is 1.75. The summed E-state index contributed by atoms with van der Waals surface area (Å²) in [4.78, 5) is 28.0. The van der Waals surface area contributed by atoms with Crippen LogP contribution in [0.15, 0.2) is 35.4 Å². The number of carbonyl (C=O) groups excluding carboxylic acids is 1. The molecule has 0 radical (unpaired) electrons. The molecule has 108 valence electrons. The third-order valence-corrected chi connectivity index (χ3v) is 2.81. The van der Waals surface area contributed by atoms with E-state index in [1.807, 2.05) is 6.07 Å². The summed E-state index contributed by atoms with van der Waals surface area (Å²) in [6, 6.07) is 6.93. The molecule has 0 spiro atoms. The summed E-state index contributed by atoms with van der Waals surface area (Å²) in [6.45, 7) is 2.11. The van der Waals surface area contributed by atoms with Gasteiger partial charge in [-0.1, -0.05) is 12.1 Å². The first-order valence-corrected chi connectivity index (χ1v) is 6.05. The number of carbonyl (C=O) groups is 1. The van der Waals surface area contributed by atoms with Crippen molar-refractivity contribution in [3.63, 3.8) is 0 Å². The molecule has 2 rings (SSSR count). The number of benzene rings is 1. The average molecular weight is 297 g/mol. The molecule has 0 unspecified atom stereocenters. The first kappa shape index (κ1) is 16.1. The van der Waals surface area contributed by atoms with E-state index >= 15 is 0 Å². The normalized spacial score (nSPS) is 11.7. The lowest BCUT2D eigenvalue weighted by Crippen LogP contribution is -2.41. The molecule has 7 heteroatoms. The zero-order valence-corrected chi connectivity index (χ0v) is 11.9. The lowest BCUT2D eigenvalue weighted by molar-refractivity contribution is -0.122. The first-order valence-electron chi connectivity index (χ1n) is 6.05. The summed E-state index contributed by atoms with van der Waals surface area (Å²) >= 11 is 0. The van der Waals surface area contributed by atoms with Crippen LogP contribution in [0.5, 0.6) is 0 Å². The SMILES string of the molecule is C[C@H](CN)NC(=O)Cn1cnc2ccccc2c1=O.Cl. The van der Waals surface area contributed by atoms with Crippen molar-refractivity contribution in [2.24, 2.45) is 5.73 Å². The fourth-order valence-corrected chi connectivity index (χ4v) is 1.75. The van der Waals surface area contributed by atoms with E-state index in [9.17, 15) is 9.59 Å². The minimum absolute atomic E-state index is 0. The molecular formula is C13H17ClN4O2. The van der Waals surface area contributed by atoms with Gasteiger partial charge in [0, 0.05) is 12.6 Å². The van der Waals surface area contributed by atoms with Crippen LogP contribution in [0.4, 0.5) is 0 Å². The van der Waals surface area contributed by atoms with Crippen LogP contribution in [0.25, 0.3) is 10.9 Å². The van der Waals surface area contributed by atoms with Crippen LogP contribution in [0.3, 0.4) is 0 Å². The van der Waals surface area contributed by atoms with Crippen LogP contribution in [0.2, 0.25) is 0 Å². The van der Waals surface area contributed by atoms with Gasteiger partial charge in [0.25, 0.3) is 5.56 Å². The van der Waals surface area contributed by atoms with E-state index in [0.717, 1.165) is 0 Å². The average Bonchev–Trinajstić information content (AvgIpc) is 2.42. The van der Waals surface area contributed by atoms with E-state index in [2.05, 4.69) is 10.3 Å². The Kier molecular flexibility index (Phi) is 5.66. The molecule has 3 N–H and O–H groups in total. The molecule has 0 aliphatic rings. The third kappa shape index (κ3) is 3.55. The molecule has 0 aliphatic heterocycles. The molecule has 0 saturated heterocycles. The molecule has 20 heavy (non-hydrogen) atoms. The number of amides is 1. The molecule has 2 aromatic rings. The minimum Gasteiger partial charge on any atom is -0.351 e. The van der Waals surface area contributed by atoms with E-state index in [4.69, 9.17) is 5.73 Å². The number of nitrogens with two attached hydrogens (primary N) is 1. The smallest absolute Gasteiger partial charge is 0.261 e.